The van der Waals surface area contributed by atoms with Gasteiger partial charge in [0.1, 0.15) is 12.4 Å². The number of tetrazole rings is 1. The van der Waals surface area contributed by atoms with E-state index in [9.17, 15) is 5.11 Å². The quantitative estimate of drug-likeness (QED) is 0.610. The van der Waals surface area contributed by atoms with Gasteiger partial charge in [-0.25, -0.2) is 0 Å². The van der Waals surface area contributed by atoms with Crippen molar-refractivity contribution in [3.05, 3.63) is 60.2 Å². The van der Waals surface area contributed by atoms with Crippen molar-refractivity contribution in [1.29, 1.82) is 5.26 Å². The minimum absolute atomic E-state index is 0.164. The highest BCUT2D eigenvalue weighted by molar-refractivity contribution is 7.99. The zero-order valence-corrected chi connectivity index (χ0v) is 14.7. The first-order chi connectivity index (χ1) is 12.8. The molecule has 0 saturated heterocycles. The molecule has 3 aromatic rings. The summed E-state index contributed by atoms with van der Waals surface area (Å²) in [6, 6.07) is 18.9. The SMILES string of the molecule is N#CCc1ccc(OC[C@@H](O)CSc2nnnn2-c2ccccc2)cc1. The minimum atomic E-state index is -0.667. The average Bonchev–Trinajstić information content (AvgIpc) is 3.15. The van der Waals surface area contributed by atoms with Crippen LogP contribution in [0.4, 0.5) is 0 Å². The third kappa shape index (κ3) is 4.81. The summed E-state index contributed by atoms with van der Waals surface area (Å²) in [5.41, 5.74) is 1.80. The van der Waals surface area contributed by atoms with E-state index >= 15 is 0 Å². The largest absolute Gasteiger partial charge is 0.491 e. The molecule has 1 aromatic heterocycles. The third-order valence-corrected chi connectivity index (χ3v) is 4.56. The van der Waals surface area contributed by atoms with Crippen LogP contribution in [0.5, 0.6) is 5.75 Å². The van der Waals surface area contributed by atoms with Gasteiger partial charge in [0.15, 0.2) is 0 Å². The second kappa shape index (κ2) is 8.99. The van der Waals surface area contributed by atoms with Crippen LogP contribution < -0.4 is 4.74 Å². The maximum atomic E-state index is 10.1. The van der Waals surface area contributed by atoms with Crippen molar-refractivity contribution in [1.82, 2.24) is 20.2 Å². The van der Waals surface area contributed by atoms with Crippen LogP contribution in [-0.2, 0) is 6.42 Å². The second-order valence-electron chi connectivity index (χ2n) is 5.46. The van der Waals surface area contributed by atoms with Crippen LogP contribution in [-0.4, -0.2) is 43.8 Å². The number of ether oxygens (including phenoxy) is 1. The molecule has 0 aliphatic heterocycles. The number of rotatable bonds is 8. The molecule has 3 rings (SSSR count). The van der Waals surface area contributed by atoms with Crippen LogP contribution in [0.15, 0.2) is 59.8 Å². The molecule has 0 bridgehead atoms. The predicted molar refractivity (Wildman–Crippen MR) is 97.1 cm³/mol. The summed E-state index contributed by atoms with van der Waals surface area (Å²) < 4.78 is 7.21. The number of benzene rings is 2. The fraction of sp³-hybridized carbons (Fsp3) is 0.222. The molecule has 0 aliphatic carbocycles. The Bertz CT molecular complexity index is 861. The highest BCUT2D eigenvalue weighted by Gasteiger charge is 2.12. The van der Waals surface area contributed by atoms with E-state index in [-0.39, 0.29) is 6.61 Å². The van der Waals surface area contributed by atoms with E-state index in [4.69, 9.17) is 10.00 Å². The number of para-hydroxylation sites is 1. The second-order valence-corrected chi connectivity index (χ2v) is 6.45. The van der Waals surface area contributed by atoms with Gasteiger partial charge in [-0.1, -0.05) is 42.1 Å². The number of aromatic nitrogens is 4. The smallest absolute Gasteiger partial charge is 0.214 e. The Morgan fingerprint density at radius 1 is 1.15 bits per heavy atom. The minimum Gasteiger partial charge on any atom is -0.491 e. The van der Waals surface area contributed by atoms with Crippen LogP contribution in [0.1, 0.15) is 5.56 Å². The molecule has 0 unspecified atom stereocenters. The zero-order valence-electron chi connectivity index (χ0n) is 13.9. The van der Waals surface area contributed by atoms with Gasteiger partial charge in [0.05, 0.1) is 24.3 Å². The van der Waals surface area contributed by atoms with E-state index in [2.05, 4.69) is 21.6 Å². The maximum Gasteiger partial charge on any atom is 0.214 e. The molecular formula is C18H17N5O2S. The van der Waals surface area contributed by atoms with Crippen molar-refractivity contribution in [2.24, 2.45) is 0 Å². The summed E-state index contributed by atoms with van der Waals surface area (Å²) >= 11 is 1.36. The van der Waals surface area contributed by atoms with Crippen molar-refractivity contribution in [3.63, 3.8) is 0 Å². The molecule has 2 aromatic carbocycles. The molecule has 0 fully saturated rings. The van der Waals surface area contributed by atoms with Crippen LogP contribution in [0, 0.1) is 11.3 Å². The molecule has 1 heterocycles. The van der Waals surface area contributed by atoms with Gasteiger partial charge in [-0.2, -0.15) is 9.94 Å². The van der Waals surface area contributed by atoms with E-state index in [1.54, 1.807) is 16.8 Å². The lowest BCUT2D eigenvalue weighted by Gasteiger charge is -2.12. The Labute approximate surface area is 155 Å². The average molecular weight is 367 g/mol. The molecule has 1 N–H and O–H groups in total. The normalized spacial score (nSPS) is 11.7. The van der Waals surface area contributed by atoms with E-state index in [0.717, 1.165) is 11.3 Å². The van der Waals surface area contributed by atoms with E-state index in [0.29, 0.717) is 23.1 Å². The Kier molecular flexibility index (Phi) is 6.19. The molecule has 0 amide bonds. The number of hydrogen-bond acceptors (Lipinski definition) is 7. The number of hydrogen-bond donors (Lipinski definition) is 1. The van der Waals surface area contributed by atoms with Crippen LogP contribution in [0.25, 0.3) is 5.69 Å². The molecule has 26 heavy (non-hydrogen) atoms. The molecule has 0 radical (unpaired) electrons. The van der Waals surface area contributed by atoms with E-state index in [1.807, 2.05) is 42.5 Å². The van der Waals surface area contributed by atoms with Gasteiger partial charge in [-0.3, -0.25) is 0 Å². The van der Waals surface area contributed by atoms with E-state index < -0.39 is 6.10 Å². The zero-order chi connectivity index (χ0) is 18.2. The van der Waals surface area contributed by atoms with Crippen LogP contribution in [0.2, 0.25) is 0 Å². The Hall–Kier alpha value is -2.89. The van der Waals surface area contributed by atoms with Gasteiger partial charge < -0.3 is 9.84 Å². The first kappa shape index (κ1) is 17.9. The van der Waals surface area contributed by atoms with Crippen molar-refractivity contribution in [2.45, 2.75) is 17.7 Å². The lowest BCUT2D eigenvalue weighted by molar-refractivity contribution is 0.126. The molecule has 7 nitrogen and oxygen atoms in total. The summed E-state index contributed by atoms with van der Waals surface area (Å²) in [4.78, 5) is 0. The van der Waals surface area contributed by atoms with Crippen molar-refractivity contribution < 1.29 is 9.84 Å². The number of nitrogens with zero attached hydrogens (tertiary/aromatic N) is 5. The van der Waals surface area contributed by atoms with Crippen molar-refractivity contribution in [3.8, 4) is 17.5 Å². The van der Waals surface area contributed by atoms with Crippen molar-refractivity contribution in [2.75, 3.05) is 12.4 Å². The van der Waals surface area contributed by atoms with Gasteiger partial charge >= 0.3 is 0 Å². The highest BCUT2D eigenvalue weighted by atomic mass is 32.2. The summed E-state index contributed by atoms with van der Waals surface area (Å²) in [7, 11) is 0. The predicted octanol–water partition coefficient (Wildman–Crippen LogP) is 2.26. The molecular weight excluding hydrogens is 350 g/mol. The fourth-order valence-corrected chi connectivity index (χ4v) is 3.00. The van der Waals surface area contributed by atoms with Gasteiger partial charge in [-0.15, -0.1) is 5.10 Å². The lowest BCUT2D eigenvalue weighted by Crippen LogP contribution is -2.20. The molecule has 8 heteroatoms. The molecule has 1 atom stereocenters. The number of aliphatic hydroxyl groups is 1. The summed E-state index contributed by atoms with van der Waals surface area (Å²) in [5.74, 6) is 1.06. The van der Waals surface area contributed by atoms with E-state index in [1.165, 1.54) is 11.8 Å². The standard InChI is InChI=1S/C18H17N5O2S/c19-11-10-14-6-8-17(9-7-14)25-12-16(24)13-26-18-20-21-22-23(18)15-4-2-1-3-5-15/h1-9,16,24H,10,12-13H2/t16-/m1/s1. The van der Waals surface area contributed by atoms with Gasteiger partial charge in [-0.05, 0) is 40.3 Å². The Morgan fingerprint density at radius 3 is 2.65 bits per heavy atom. The number of nitriles is 1. The van der Waals surface area contributed by atoms with Gasteiger partial charge in [0.25, 0.3) is 0 Å². The third-order valence-electron chi connectivity index (χ3n) is 3.50. The summed E-state index contributed by atoms with van der Waals surface area (Å²) in [6.45, 7) is 0.164. The van der Waals surface area contributed by atoms with Crippen LogP contribution in [0.3, 0.4) is 0 Å². The molecule has 0 spiro atoms. The molecule has 0 saturated carbocycles. The van der Waals surface area contributed by atoms with Crippen LogP contribution >= 0.6 is 11.8 Å². The lowest BCUT2D eigenvalue weighted by atomic mass is 10.2. The Balaban J connectivity index is 1.50. The Morgan fingerprint density at radius 2 is 1.92 bits per heavy atom. The maximum absolute atomic E-state index is 10.1. The first-order valence-corrected chi connectivity index (χ1v) is 8.98. The van der Waals surface area contributed by atoms with Gasteiger partial charge in [0.2, 0.25) is 5.16 Å². The van der Waals surface area contributed by atoms with Gasteiger partial charge in [0, 0.05) is 5.75 Å². The topological polar surface area (TPSA) is 96.8 Å². The number of aliphatic hydroxyl groups excluding tert-OH is 1. The highest BCUT2D eigenvalue weighted by Crippen LogP contribution is 2.19. The monoisotopic (exact) mass is 367 g/mol. The first-order valence-electron chi connectivity index (χ1n) is 7.99. The molecule has 0 aliphatic rings. The fourth-order valence-electron chi connectivity index (χ4n) is 2.21. The molecule has 132 valence electrons. The number of thioether (sulfide) groups is 1. The summed E-state index contributed by atoms with van der Waals surface area (Å²) in [5, 5.41) is 31.1. The van der Waals surface area contributed by atoms with Crippen molar-refractivity contribution >= 4 is 11.8 Å². The summed E-state index contributed by atoms with van der Waals surface area (Å²) in [6.07, 6.45) is -0.296.